The molecule has 1 aromatic rings. The number of carbonyl (C=O) groups excluding carboxylic acids is 1. The van der Waals surface area contributed by atoms with Gasteiger partial charge in [0.1, 0.15) is 5.92 Å². The van der Waals surface area contributed by atoms with E-state index in [2.05, 4.69) is 5.32 Å². The number of rotatable bonds is 4. The molecule has 0 saturated carbocycles. The topological polar surface area (TPSA) is 52.9 Å². The van der Waals surface area contributed by atoms with Crippen molar-refractivity contribution in [1.82, 2.24) is 5.32 Å². The van der Waals surface area contributed by atoms with E-state index in [4.69, 9.17) is 5.26 Å². The van der Waals surface area contributed by atoms with E-state index in [0.717, 1.165) is 6.42 Å². The van der Waals surface area contributed by atoms with Gasteiger partial charge in [-0.25, -0.2) is 0 Å². The maximum absolute atomic E-state index is 11.4. The molecule has 84 valence electrons. The van der Waals surface area contributed by atoms with Crippen molar-refractivity contribution in [3.05, 3.63) is 35.9 Å². The largest absolute Gasteiger partial charge is 0.352 e. The Kier molecular flexibility index (Phi) is 4.53. The molecule has 0 aromatic heterocycles. The van der Waals surface area contributed by atoms with Crippen LogP contribution in [0.15, 0.2) is 30.3 Å². The molecule has 0 aliphatic heterocycles. The zero-order valence-corrected chi connectivity index (χ0v) is 9.60. The standard InChI is InChI=1S/C13H16N2O/c1-10(9-14)13(16)15-11(2)8-12-6-4-3-5-7-12/h3-7,10-11H,8H2,1-2H3,(H,15,16). The summed E-state index contributed by atoms with van der Waals surface area (Å²) in [6.45, 7) is 3.54. The molecule has 0 radical (unpaired) electrons. The van der Waals surface area contributed by atoms with Gasteiger partial charge in [-0.1, -0.05) is 30.3 Å². The highest BCUT2D eigenvalue weighted by Gasteiger charge is 2.14. The Morgan fingerprint density at radius 1 is 1.38 bits per heavy atom. The van der Waals surface area contributed by atoms with Gasteiger partial charge in [-0.15, -0.1) is 0 Å². The van der Waals surface area contributed by atoms with Crippen molar-refractivity contribution in [2.45, 2.75) is 26.3 Å². The van der Waals surface area contributed by atoms with E-state index in [-0.39, 0.29) is 11.9 Å². The third kappa shape index (κ3) is 3.74. The van der Waals surface area contributed by atoms with Crippen molar-refractivity contribution < 1.29 is 4.79 Å². The predicted molar refractivity (Wildman–Crippen MR) is 62.5 cm³/mol. The molecule has 1 aromatic carbocycles. The van der Waals surface area contributed by atoms with Gasteiger partial charge >= 0.3 is 0 Å². The van der Waals surface area contributed by atoms with E-state index in [1.165, 1.54) is 5.56 Å². The number of amides is 1. The first-order valence-electron chi connectivity index (χ1n) is 5.37. The van der Waals surface area contributed by atoms with Crippen molar-refractivity contribution >= 4 is 5.91 Å². The summed E-state index contributed by atoms with van der Waals surface area (Å²) in [6.07, 6.45) is 0.782. The highest BCUT2D eigenvalue weighted by molar-refractivity contribution is 5.80. The summed E-state index contributed by atoms with van der Waals surface area (Å²) in [5.41, 5.74) is 1.18. The maximum atomic E-state index is 11.4. The van der Waals surface area contributed by atoms with Gasteiger partial charge in [-0.3, -0.25) is 4.79 Å². The minimum atomic E-state index is -0.585. The zero-order chi connectivity index (χ0) is 12.0. The lowest BCUT2D eigenvalue weighted by Gasteiger charge is -2.14. The number of nitriles is 1. The number of hydrogen-bond donors (Lipinski definition) is 1. The van der Waals surface area contributed by atoms with Crippen LogP contribution in [0, 0.1) is 17.2 Å². The summed E-state index contributed by atoms with van der Waals surface area (Å²) in [6, 6.07) is 11.9. The third-order valence-corrected chi connectivity index (χ3v) is 2.36. The Bertz CT molecular complexity index is 381. The molecule has 0 aliphatic carbocycles. The fourth-order valence-corrected chi connectivity index (χ4v) is 1.45. The lowest BCUT2D eigenvalue weighted by Crippen LogP contribution is -2.37. The second-order valence-corrected chi connectivity index (χ2v) is 3.95. The molecular weight excluding hydrogens is 200 g/mol. The number of hydrogen-bond acceptors (Lipinski definition) is 2. The molecule has 2 unspecified atom stereocenters. The highest BCUT2D eigenvalue weighted by Crippen LogP contribution is 2.03. The van der Waals surface area contributed by atoms with Gasteiger partial charge in [-0.2, -0.15) is 5.26 Å². The van der Waals surface area contributed by atoms with Crippen molar-refractivity contribution in [1.29, 1.82) is 5.26 Å². The molecular formula is C13H16N2O. The smallest absolute Gasteiger partial charge is 0.237 e. The van der Waals surface area contributed by atoms with Crippen LogP contribution in [0.25, 0.3) is 0 Å². The Labute approximate surface area is 96.1 Å². The quantitative estimate of drug-likeness (QED) is 0.835. The first-order chi connectivity index (χ1) is 7.63. The fraction of sp³-hybridized carbons (Fsp3) is 0.385. The third-order valence-electron chi connectivity index (χ3n) is 2.36. The minimum absolute atomic E-state index is 0.0469. The second kappa shape index (κ2) is 5.92. The summed E-state index contributed by atoms with van der Waals surface area (Å²) < 4.78 is 0. The van der Waals surface area contributed by atoms with E-state index < -0.39 is 5.92 Å². The molecule has 0 heterocycles. The minimum Gasteiger partial charge on any atom is -0.352 e. The van der Waals surface area contributed by atoms with Crippen LogP contribution < -0.4 is 5.32 Å². The van der Waals surface area contributed by atoms with Gasteiger partial charge in [0, 0.05) is 6.04 Å². The van der Waals surface area contributed by atoms with Crippen LogP contribution in [0.3, 0.4) is 0 Å². The van der Waals surface area contributed by atoms with Crippen molar-refractivity contribution in [3.63, 3.8) is 0 Å². The van der Waals surface area contributed by atoms with E-state index in [1.54, 1.807) is 6.92 Å². The SMILES string of the molecule is CC(Cc1ccccc1)NC(=O)C(C)C#N. The Morgan fingerprint density at radius 3 is 2.56 bits per heavy atom. The number of nitrogens with zero attached hydrogens (tertiary/aromatic N) is 1. The van der Waals surface area contributed by atoms with Crippen LogP contribution in [0.2, 0.25) is 0 Å². The molecule has 0 aliphatic rings. The van der Waals surface area contributed by atoms with E-state index >= 15 is 0 Å². The van der Waals surface area contributed by atoms with Crippen LogP contribution in [0.1, 0.15) is 19.4 Å². The fourth-order valence-electron chi connectivity index (χ4n) is 1.45. The zero-order valence-electron chi connectivity index (χ0n) is 9.60. The summed E-state index contributed by atoms with van der Waals surface area (Å²) in [5.74, 6) is -0.788. The van der Waals surface area contributed by atoms with Gasteiger partial charge < -0.3 is 5.32 Å². The van der Waals surface area contributed by atoms with Crippen molar-refractivity contribution in [2.75, 3.05) is 0 Å². The highest BCUT2D eigenvalue weighted by atomic mass is 16.1. The van der Waals surface area contributed by atoms with Crippen LogP contribution in [0.4, 0.5) is 0 Å². The Hall–Kier alpha value is -1.82. The molecule has 1 N–H and O–H groups in total. The molecule has 1 amide bonds. The van der Waals surface area contributed by atoms with Gasteiger partial charge in [0.05, 0.1) is 6.07 Å². The van der Waals surface area contributed by atoms with Crippen LogP contribution in [-0.2, 0) is 11.2 Å². The Morgan fingerprint density at radius 2 is 2.00 bits per heavy atom. The lowest BCUT2D eigenvalue weighted by molar-refractivity contribution is -0.123. The van der Waals surface area contributed by atoms with E-state index in [9.17, 15) is 4.79 Å². The Balaban J connectivity index is 2.46. The van der Waals surface area contributed by atoms with Crippen LogP contribution in [0.5, 0.6) is 0 Å². The van der Waals surface area contributed by atoms with Crippen molar-refractivity contribution in [3.8, 4) is 6.07 Å². The summed E-state index contributed by atoms with van der Waals surface area (Å²) in [4.78, 5) is 11.4. The summed E-state index contributed by atoms with van der Waals surface area (Å²) in [5, 5.41) is 11.4. The van der Waals surface area contributed by atoms with Crippen LogP contribution in [-0.4, -0.2) is 11.9 Å². The molecule has 0 saturated heterocycles. The molecule has 0 spiro atoms. The summed E-state index contributed by atoms with van der Waals surface area (Å²) >= 11 is 0. The first kappa shape index (κ1) is 12.3. The molecule has 3 nitrogen and oxygen atoms in total. The van der Waals surface area contributed by atoms with Gasteiger partial charge in [0.15, 0.2) is 0 Å². The normalized spacial score (nSPS) is 13.6. The van der Waals surface area contributed by atoms with Gasteiger partial charge in [0.2, 0.25) is 5.91 Å². The molecule has 3 heteroatoms. The average molecular weight is 216 g/mol. The van der Waals surface area contributed by atoms with Crippen molar-refractivity contribution in [2.24, 2.45) is 5.92 Å². The molecule has 0 bridgehead atoms. The van der Waals surface area contributed by atoms with E-state index in [1.807, 2.05) is 43.3 Å². The molecule has 16 heavy (non-hydrogen) atoms. The van der Waals surface area contributed by atoms with E-state index in [0.29, 0.717) is 0 Å². The number of benzene rings is 1. The average Bonchev–Trinajstić information content (AvgIpc) is 2.29. The van der Waals surface area contributed by atoms with Gasteiger partial charge in [0.25, 0.3) is 0 Å². The lowest BCUT2D eigenvalue weighted by atomic mass is 10.1. The predicted octanol–water partition coefficient (Wildman–Crippen LogP) is 1.89. The van der Waals surface area contributed by atoms with Crippen LogP contribution >= 0.6 is 0 Å². The summed E-state index contributed by atoms with van der Waals surface area (Å²) in [7, 11) is 0. The second-order valence-electron chi connectivity index (χ2n) is 3.95. The molecule has 2 atom stereocenters. The molecule has 1 rings (SSSR count). The monoisotopic (exact) mass is 216 g/mol. The molecule has 0 fully saturated rings. The number of nitrogens with one attached hydrogen (secondary N) is 1. The first-order valence-corrected chi connectivity index (χ1v) is 5.37. The van der Waals surface area contributed by atoms with Gasteiger partial charge in [-0.05, 0) is 25.8 Å². The maximum Gasteiger partial charge on any atom is 0.237 e. The number of carbonyl (C=O) groups is 1.